The number of rotatable bonds is 14. The summed E-state index contributed by atoms with van der Waals surface area (Å²) >= 11 is 2.76. The molecule has 0 atom stereocenters. The number of nitrogens with one attached hydrogen (secondary N) is 1. The van der Waals surface area contributed by atoms with Crippen molar-refractivity contribution in [1.82, 2.24) is 25.1 Å². The molecule has 0 saturated carbocycles. The lowest BCUT2D eigenvalue weighted by Crippen LogP contribution is -2.52. The zero-order chi connectivity index (χ0) is 32.7. The normalized spacial score (nSPS) is 10.7. The fraction of sp³-hybridized carbons (Fsp3) is 0.206. The first-order chi connectivity index (χ1) is 23.0. The van der Waals surface area contributed by atoms with E-state index in [0.29, 0.717) is 5.75 Å². The van der Waals surface area contributed by atoms with E-state index in [4.69, 9.17) is 14.2 Å². The number of ether oxygens (including phenoxy) is 3. The number of para-hydroxylation sites is 1. The lowest BCUT2D eigenvalue weighted by Gasteiger charge is -2.31. The third-order valence-electron chi connectivity index (χ3n) is 6.75. The predicted molar refractivity (Wildman–Crippen MR) is 178 cm³/mol. The predicted octanol–water partition coefficient (Wildman–Crippen LogP) is 6.73. The highest BCUT2D eigenvalue weighted by Gasteiger charge is 2.28. The van der Waals surface area contributed by atoms with Crippen molar-refractivity contribution in [1.29, 1.82) is 0 Å². The highest BCUT2D eigenvalue weighted by Crippen LogP contribution is 2.16. The first-order valence-corrected chi connectivity index (χ1v) is 16.5. The molecule has 242 valence electrons. The third-order valence-corrected chi connectivity index (χ3v) is 8.26. The molecule has 2 heterocycles. The van der Waals surface area contributed by atoms with Crippen molar-refractivity contribution in [3.8, 4) is 5.75 Å². The van der Waals surface area contributed by atoms with Gasteiger partial charge in [-0.15, -0.1) is 22.7 Å². The monoisotopic (exact) mass is 671 g/mol. The van der Waals surface area contributed by atoms with E-state index in [2.05, 4.69) is 15.3 Å². The smallest absolute Gasteiger partial charge is 0.412 e. The van der Waals surface area contributed by atoms with Crippen molar-refractivity contribution in [2.45, 2.75) is 32.3 Å². The van der Waals surface area contributed by atoms with Gasteiger partial charge in [0.2, 0.25) is 0 Å². The summed E-state index contributed by atoms with van der Waals surface area (Å²) in [5, 5.41) is 2.87. The van der Waals surface area contributed by atoms with E-state index in [-0.39, 0.29) is 39.4 Å². The molecule has 3 aromatic carbocycles. The number of hydrogen-bond acceptors (Lipinski definition) is 10. The lowest BCUT2D eigenvalue weighted by atomic mass is 10.1. The zero-order valence-electron chi connectivity index (χ0n) is 25.3. The Balaban J connectivity index is 1.39. The van der Waals surface area contributed by atoms with Gasteiger partial charge in [0.25, 0.3) is 0 Å². The van der Waals surface area contributed by atoms with Gasteiger partial charge in [-0.3, -0.25) is 9.97 Å². The van der Waals surface area contributed by atoms with E-state index in [1.807, 2.05) is 66.7 Å². The fourth-order valence-corrected chi connectivity index (χ4v) is 5.57. The maximum atomic E-state index is 13.5. The number of amides is 3. The number of thiazole rings is 2. The summed E-state index contributed by atoms with van der Waals surface area (Å²) in [6, 6.07) is 26.7. The molecule has 5 rings (SSSR count). The average Bonchev–Trinajstić information content (AvgIpc) is 3.82. The average molecular weight is 672 g/mol. The number of nitrogens with zero attached hydrogens (tertiary/aromatic N) is 4. The van der Waals surface area contributed by atoms with Gasteiger partial charge in [0.05, 0.1) is 26.8 Å². The summed E-state index contributed by atoms with van der Waals surface area (Å²) in [5.41, 5.74) is 5.05. The Morgan fingerprint density at radius 2 is 1.11 bits per heavy atom. The molecule has 0 aliphatic rings. The topological polar surface area (TPSA) is 123 Å². The van der Waals surface area contributed by atoms with Gasteiger partial charge in [-0.25, -0.2) is 14.4 Å². The zero-order valence-corrected chi connectivity index (χ0v) is 27.0. The van der Waals surface area contributed by atoms with Crippen LogP contribution in [0.25, 0.3) is 0 Å². The molecular weight excluding hydrogens is 639 g/mol. The van der Waals surface area contributed by atoms with E-state index in [1.165, 1.54) is 32.5 Å². The van der Waals surface area contributed by atoms with Crippen LogP contribution in [-0.2, 0) is 35.8 Å². The summed E-state index contributed by atoms with van der Waals surface area (Å²) in [6.45, 7) is 0.479. The van der Waals surface area contributed by atoms with Gasteiger partial charge >= 0.3 is 18.3 Å². The molecule has 0 saturated heterocycles. The van der Waals surface area contributed by atoms with E-state index < -0.39 is 24.3 Å². The summed E-state index contributed by atoms with van der Waals surface area (Å²) in [4.78, 5) is 52.9. The van der Waals surface area contributed by atoms with Crippen LogP contribution in [0, 0.1) is 0 Å². The molecule has 3 amide bonds. The fourth-order valence-electron chi connectivity index (χ4n) is 4.56. The highest BCUT2D eigenvalue weighted by molar-refractivity contribution is 7.09. The number of hydrogen-bond donors (Lipinski definition) is 1. The Morgan fingerprint density at radius 1 is 0.660 bits per heavy atom. The molecule has 0 unspecified atom stereocenters. The summed E-state index contributed by atoms with van der Waals surface area (Å²) in [6.07, 6.45) is 1.36. The molecule has 0 fully saturated rings. The molecule has 0 radical (unpaired) electrons. The van der Waals surface area contributed by atoms with Crippen LogP contribution in [0.15, 0.2) is 114 Å². The Kier molecular flexibility index (Phi) is 12.3. The second kappa shape index (κ2) is 17.4. The Morgan fingerprint density at radius 3 is 1.53 bits per heavy atom. The third kappa shape index (κ3) is 10.9. The number of carbonyl (C=O) groups excluding carboxylic acids is 3. The molecule has 1 N–H and O–H groups in total. The summed E-state index contributed by atoms with van der Waals surface area (Å²) < 4.78 is 16.8. The van der Waals surface area contributed by atoms with Crippen LogP contribution in [0.4, 0.5) is 14.4 Å². The first-order valence-electron chi connectivity index (χ1n) is 14.7. The van der Waals surface area contributed by atoms with Gasteiger partial charge < -0.3 is 29.3 Å². The molecule has 47 heavy (non-hydrogen) atoms. The van der Waals surface area contributed by atoms with Crippen LogP contribution in [0.5, 0.6) is 5.75 Å². The Labute approximate surface area is 280 Å². The number of aromatic nitrogens is 2. The van der Waals surface area contributed by atoms with Crippen molar-refractivity contribution in [2.75, 3.05) is 13.1 Å². The molecular formula is C34H33N5O6S2. The van der Waals surface area contributed by atoms with Gasteiger partial charge in [-0.1, -0.05) is 78.9 Å². The molecule has 11 nitrogen and oxygen atoms in total. The molecule has 13 heteroatoms. The van der Waals surface area contributed by atoms with E-state index >= 15 is 0 Å². The highest BCUT2D eigenvalue weighted by atomic mass is 32.1. The maximum Gasteiger partial charge on any atom is 0.412 e. The molecule has 0 bridgehead atoms. The Hall–Kier alpha value is -5.27. The minimum Gasteiger partial charge on any atom is -0.444 e. The van der Waals surface area contributed by atoms with E-state index in [9.17, 15) is 14.4 Å². The maximum absolute atomic E-state index is 13.5. The first kappa shape index (κ1) is 33.1. The molecule has 0 aliphatic heterocycles. The van der Waals surface area contributed by atoms with Gasteiger partial charge in [0.1, 0.15) is 19.0 Å². The van der Waals surface area contributed by atoms with Crippen molar-refractivity contribution < 1.29 is 28.6 Å². The van der Waals surface area contributed by atoms with Crippen LogP contribution in [0.2, 0.25) is 0 Å². The molecule has 5 aromatic rings. The van der Waals surface area contributed by atoms with Crippen molar-refractivity contribution in [2.24, 2.45) is 0 Å². The Bertz CT molecular complexity index is 1560. The lowest BCUT2D eigenvalue weighted by molar-refractivity contribution is 0.0775. The number of carbonyl (C=O) groups is 3. The van der Waals surface area contributed by atoms with Crippen LogP contribution >= 0.6 is 22.7 Å². The summed E-state index contributed by atoms with van der Waals surface area (Å²) in [7, 11) is 0. The molecule has 2 aromatic heterocycles. The van der Waals surface area contributed by atoms with Gasteiger partial charge in [-0.2, -0.15) is 0 Å². The van der Waals surface area contributed by atoms with Crippen LogP contribution in [0.3, 0.4) is 0 Å². The van der Waals surface area contributed by atoms with Crippen LogP contribution < -0.4 is 10.1 Å². The van der Waals surface area contributed by atoms with E-state index in [0.717, 1.165) is 20.9 Å². The van der Waals surface area contributed by atoms with Crippen LogP contribution in [0.1, 0.15) is 20.9 Å². The van der Waals surface area contributed by atoms with Gasteiger partial charge in [0.15, 0.2) is 0 Å². The largest absolute Gasteiger partial charge is 0.444 e. The van der Waals surface area contributed by atoms with Gasteiger partial charge in [0, 0.05) is 38.6 Å². The summed E-state index contributed by atoms with van der Waals surface area (Å²) in [5.74, 6) is 0.346. The minimum absolute atomic E-state index is 0.00623. The van der Waals surface area contributed by atoms with E-state index in [1.54, 1.807) is 47.7 Å². The quantitative estimate of drug-likeness (QED) is 0.138. The molecule has 0 aliphatic carbocycles. The second-order valence-electron chi connectivity index (χ2n) is 10.3. The SMILES string of the molecule is O=C(NC(CN(Cc1ccccc1)C(=O)OCc1cncs1)CN(Cc1ccccc1)C(=O)OCc1cncs1)Oc1ccccc1. The second-order valence-corrected chi connectivity index (χ2v) is 12.3. The van der Waals surface area contributed by atoms with Crippen molar-refractivity contribution >= 4 is 41.0 Å². The van der Waals surface area contributed by atoms with Crippen molar-refractivity contribution in [3.05, 3.63) is 135 Å². The standard InChI is InChI=1S/C34H33N5O6S2/c40-32(45-29-14-8-3-9-15-29)37-28(20-38(18-26-10-4-1-5-11-26)33(41)43-22-30-16-35-24-46-30)21-39(19-27-12-6-2-7-13-27)34(42)44-23-31-17-36-25-47-31/h1-17,24-25,28H,18-23H2,(H,37,40). The van der Waals surface area contributed by atoms with Crippen molar-refractivity contribution in [3.63, 3.8) is 0 Å². The molecule has 0 spiro atoms. The van der Waals surface area contributed by atoms with Crippen LogP contribution in [-0.4, -0.2) is 57.2 Å². The van der Waals surface area contributed by atoms with Gasteiger partial charge in [-0.05, 0) is 23.3 Å². The minimum atomic E-state index is -0.787. The number of benzene rings is 3.